The molecular formula is C21H26F3N5O2S. The number of nitrogens with zero attached hydrogens (tertiary/aromatic N) is 3. The van der Waals surface area contributed by atoms with E-state index >= 15 is 0 Å². The van der Waals surface area contributed by atoms with Crippen LogP contribution in [-0.2, 0) is 0 Å². The Labute approximate surface area is 188 Å². The molecule has 0 fully saturated rings. The van der Waals surface area contributed by atoms with Crippen molar-refractivity contribution in [1.82, 2.24) is 15.0 Å². The lowest BCUT2D eigenvalue weighted by Crippen LogP contribution is -2.23. The van der Waals surface area contributed by atoms with Crippen molar-refractivity contribution in [1.29, 1.82) is 0 Å². The van der Waals surface area contributed by atoms with Crippen LogP contribution in [0.3, 0.4) is 0 Å². The highest BCUT2D eigenvalue weighted by atomic mass is 32.1. The maximum absolute atomic E-state index is 12.7. The van der Waals surface area contributed by atoms with Crippen LogP contribution in [-0.4, -0.2) is 53.0 Å². The number of hydrogen-bond acceptors (Lipinski definition) is 8. The van der Waals surface area contributed by atoms with Gasteiger partial charge in [0.2, 0.25) is 5.95 Å². The van der Waals surface area contributed by atoms with E-state index in [9.17, 15) is 18.3 Å². The summed E-state index contributed by atoms with van der Waals surface area (Å²) in [6.45, 7) is 3.05. The summed E-state index contributed by atoms with van der Waals surface area (Å²) in [5.74, 6) is 1.05. The summed E-state index contributed by atoms with van der Waals surface area (Å²) >= 11 is 1.43. The third kappa shape index (κ3) is 5.77. The predicted octanol–water partition coefficient (Wildman–Crippen LogP) is 4.87. The second-order valence-electron chi connectivity index (χ2n) is 7.32. The molecule has 174 valence electrons. The first-order valence-corrected chi connectivity index (χ1v) is 11.0. The minimum Gasteiger partial charge on any atom is -0.494 e. The third-order valence-corrected chi connectivity index (χ3v) is 6.07. The summed E-state index contributed by atoms with van der Waals surface area (Å²) in [5.41, 5.74) is 1.83. The number of aryl methyl sites for hydroxylation is 1. The fourth-order valence-corrected chi connectivity index (χ4v) is 4.31. The second-order valence-corrected chi connectivity index (χ2v) is 8.35. The lowest BCUT2D eigenvalue weighted by Gasteiger charge is -2.16. The van der Waals surface area contributed by atoms with E-state index in [2.05, 4.69) is 20.6 Å². The minimum atomic E-state index is -4.39. The van der Waals surface area contributed by atoms with Crippen molar-refractivity contribution in [2.75, 3.05) is 37.4 Å². The average Bonchev–Trinajstić information content (AvgIpc) is 3.18. The van der Waals surface area contributed by atoms with Crippen molar-refractivity contribution in [3.63, 3.8) is 0 Å². The van der Waals surface area contributed by atoms with E-state index in [0.717, 1.165) is 11.1 Å². The Balaban J connectivity index is 1.99. The first-order chi connectivity index (χ1) is 15.3. The lowest BCUT2D eigenvalue weighted by molar-refractivity contribution is -0.115. The van der Waals surface area contributed by atoms with Crippen molar-refractivity contribution >= 4 is 33.3 Å². The number of nitrogens with one attached hydrogen (secondary N) is 2. The van der Waals surface area contributed by atoms with E-state index in [1.807, 2.05) is 25.1 Å². The molecule has 3 rings (SSSR count). The lowest BCUT2D eigenvalue weighted by atomic mass is 10.0. The number of methoxy groups -OCH3 is 1. The van der Waals surface area contributed by atoms with E-state index in [-0.39, 0.29) is 18.5 Å². The van der Waals surface area contributed by atoms with E-state index in [0.29, 0.717) is 46.3 Å². The van der Waals surface area contributed by atoms with Crippen molar-refractivity contribution in [2.24, 2.45) is 5.92 Å². The predicted molar refractivity (Wildman–Crippen MR) is 120 cm³/mol. The van der Waals surface area contributed by atoms with Crippen LogP contribution >= 0.6 is 11.3 Å². The van der Waals surface area contributed by atoms with Crippen LogP contribution in [0.25, 0.3) is 20.8 Å². The standard InChI is InChI=1S/C21H26F3N5O2S/c1-4-13(10-30)8-9-25-18-16(12(2)27-20(29-18)26-11-21(22,23)24)19-28-17-14(31-3)6-5-7-15(17)32-19/h5-7,13,30H,4,8-11H2,1-3H3,(H2,25,26,27,29). The zero-order chi connectivity index (χ0) is 23.3. The topological polar surface area (TPSA) is 92.2 Å². The Kier molecular flexibility index (Phi) is 7.73. The maximum atomic E-state index is 12.7. The van der Waals surface area contributed by atoms with Gasteiger partial charge in [-0.1, -0.05) is 19.4 Å². The molecule has 7 nitrogen and oxygen atoms in total. The largest absolute Gasteiger partial charge is 0.494 e. The number of aromatic nitrogens is 3. The number of hydrogen-bond donors (Lipinski definition) is 3. The number of alkyl halides is 3. The Morgan fingerprint density at radius 3 is 2.62 bits per heavy atom. The molecule has 11 heteroatoms. The van der Waals surface area contributed by atoms with Crippen LogP contribution < -0.4 is 15.4 Å². The highest BCUT2D eigenvalue weighted by Gasteiger charge is 2.28. The Morgan fingerprint density at radius 2 is 1.97 bits per heavy atom. The van der Waals surface area contributed by atoms with E-state index in [1.165, 1.54) is 11.3 Å². The number of fused-ring (bicyclic) bond motifs is 1. The SMILES string of the molecule is CCC(CO)CCNc1nc(NCC(F)(F)F)nc(C)c1-c1nc2c(OC)cccc2s1. The number of halogens is 3. The summed E-state index contributed by atoms with van der Waals surface area (Å²) in [4.78, 5) is 13.2. The molecule has 0 saturated heterocycles. The van der Waals surface area contributed by atoms with Gasteiger partial charge >= 0.3 is 6.18 Å². The molecule has 1 unspecified atom stereocenters. The zero-order valence-electron chi connectivity index (χ0n) is 18.1. The van der Waals surface area contributed by atoms with Gasteiger partial charge in [-0.2, -0.15) is 18.2 Å². The Hall–Kier alpha value is -2.66. The van der Waals surface area contributed by atoms with Crippen LogP contribution in [0.15, 0.2) is 18.2 Å². The maximum Gasteiger partial charge on any atom is 0.405 e. The molecule has 0 spiro atoms. The quantitative estimate of drug-likeness (QED) is 0.390. The van der Waals surface area contributed by atoms with Gasteiger partial charge < -0.3 is 20.5 Å². The molecule has 1 atom stereocenters. The van der Waals surface area contributed by atoms with Crippen molar-refractivity contribution in [2.45, 2.75) is 32.9 Å². The van der Waals surface area contributed by atoms with Gasteiger partial charge in [-0.3, -0.25) is 0 Å². The number of ether oxygens (including phenoxy) is 1. The molecule has 3 N–H and O–H groups in total. The molecule has 0 radical (unpaired) electrons. The molecule has 0 amide bonds. The molecule has 32 heavy (non-hydrogen) atoms. The van der Waals surface area contributed by atoms with Crippen molar-refractivity contribution in [3.8, 4) is 16.3 Å². The summed E-state index contributed by atoms with van der Waals surface area (Å²) in [5, 5.41) is 15.5. The molecule has 0 aliphatic carbocycles. The number of aliphatic hydroxyl groups excluding tert-OH is 1. The van der Waals surface area contributed by atoms with Crippen molar-refractivity contribution in [3.05, 3.63) is 23.9 Å². The van der Waals surface area contributed by atoms with E-state index < -0.39 is 12.7 Å². The fourth-order valence-electron chi connectivity index (χ4n) is 3.23. The third-order valence-electron chi connectivity index (χ3n) is 5.03. The number of thiazole rings is 1. The monoisotopic (exact) mass is 469 g/mol. The molecule has 0 aliphatic heterocycles. The van der Waals surface area contributed by atoms with Gasteiger partial charge in [-0.25, -0.2) is 9.97 Å². The summed E-state index contributed by atoms with van der Waals surface area (Å²) in [7, 11) is 1.57. The zero-order valence-corrected chi connectivity index (χ0v) is 18.9. The molecule has 3 aromatic rings. The van der Waals surface area contributed by atoms with E-state index in [4.69, 9.17) is 9.72 Å². The smallest absolute Gasteiger partial charge is 0.405 e. The van der Waals surface area contributed by atoms with Crippen LogP contribution in [0.2, 0.25) is 0 Å². The first-order valence-electron chi connectivity index (χ1n) is 10.2. The Bertz CT molecular complexity index is 1050. The van der Waals surface area contributed by atoms with Crippen LogP contribution in [0.4, 0.5) is 24.9 Å². The van der Waals surface area contributed by atoms with Crippen LogP contribution in [0.5, 0.6) is 5.75 Å². The number of anilines is 2. The molecule has 2 aromatic heterocycles. The summed E-state index contributed by atoms with van der Waals surface area (Å²) in [6.07, 6.45) is -2.87. The fraction of sp³-hybridized carbons (Fsp3) is 0.476. The molecular weight excluding hydrogens is 443 g/mol. The first kappa shape index (κ1) is 24.0. The average molecular weight is 470 g/mol. The molecule has 0 bridgehead atoms. The molecule has 0 saturated carbocycles. The van der Waals surface area contributed by atoms with Crippen LogP contribution in [0, 0.1) is 12.8 Å². The number of benzene rings is 1. The van der Waals surface area contributed by atoms with Gasteiger partial charge in [-0.15, -0.1) is 11.3 Å². The van der Waals surface area contributed by atoms with E-state index in [1.54, 1.807) is 14.0 Å². The van der Waals surface area contributed by atoms with Gasteiger partial charge in [0.1, 0.15) is 28.6 Å². The summed E-state index contributed by atoms with van der Waals surface area (Å²) in [6, 6.07) is 5.61. The summed E-state index contributed by atoms with van der Waals surface area (Å²) < 4.78 is 44.3. The van der Waals surface area contributed by atoms with Gasteiger partial charge in [0.25, 0.3) is 0 Å². The molecule has 2 heterocycles. The van der Waals surface area contributed by atoms with Crippen LogP contribution in [0.1, 0.15) is 25.5 Å². The molecule has 1 aromatic carbocycles. The second kappa shape index (κ2) is 10.3. The highest BCUT2D eigenvalue weighted by molar-refractivity contribution is 7.21. The van der Waals surface area contributed by atoms with Gasteiger partial charge in [0.15, 0.2) is 0 Å². The van der Waals surface area contributed by atoms with Gasteiger partial charge in [0, 0.05) is 13.2 Å². The van der Waals surface area contributed by atoms with Gasteiger partial charge in [0.05, 0.1) is 23.1 Å². The highest BCUT2D eigenvalue weighted by Crippen LogP contribution is 2.38. The minimum absolute atomic E-state index is 0.0733. The number of aliphatic hydroxyl groups is 1. The number of rotatable bonds is 10. The normalized spacial score (nSPS) is 12.7. The van der Waals surface area contributed by atoms with Crippen molar-refractivity contribution < 1.29 is 23.0 Å². The van der Waals surface area contributed by atoms with Gasteiger partial charge in [-0.05, 0) is 31.4 Å². The molecule has 0 aliphatic rings. The number of para-hydroxylation sites is 1. The Morgan fingerprint density at radius 1 is 1.19 bits per heavy atom.